The Kier molecular flexibility index (Phi) is 4.02. The Morgan fingerprint density at radius 3 is 2.57 bits per heavy atom. The molecule has 0 atom stereocenters. The third-order valence-corrected chi connectivity index (χ3v) is 5.28. The summed E-state index contributed by atoms with van der Waals surface area (Å²) in [6.07, 6.45) is 1.73. The van der Waals surface area contributed by atoms with E-state index < -0.39 is 10.0 Å². The van der Waals surface area contributed by atoms with Crippen LogP contribution in [0.1, 0.15) is 21.9 Å². The molecule has 2 heterocycles. The number of carbonyl (C=O) groups is 1. The predicted molar refractivity (Wildman–Crippen MR) is 75.5 cm³/mol. The van der Waals surface area contributed by atoms with E-state index in [2.05, 4.69) is 5.16 Å². The molecule has 8 heteroatoms. The summed E-state index contributed by atoms with van der Waals surface area (Å²) in [5.41, 5.74) is 0.737. The van der Waals surface area contributed by atoms with Crippen molar-refractivity contribution in [3.63, 3.8) is 0 Å². The highest BCUT2D eigenvalue weighted by atomic mass is 32.2. The second-order valence-electron chi connectivity index (χ2n) is 4.84. The normalized spacial score (nSPS) is 12.0. The predicted octanol–water partition coefficient (Wildman–Crippen LogP) is 1.13. The molecule has 7 nitrogen and oxygen atoms in total. The van der Waals surface area contributed by atoms with Crippen molar-refractivity contribution in [1.82, 2.24) is 14.0 Å². The molecule has 0 saturated heterocycles. The largest absolute Gasteiger partial charge is 0.360 e. The van der Waals surface area contributed by atoms with E-state index >= 15 is 0 Å². The van der Waals surface area contributed by atoms with E-state index in [9.17, 15) is 13.2 Å². The number of aromatic nitrogens is 2. The molecule has 0 saturated carbocycles. The van der Waals surface area contributed by atoms with Crippen LogP contribution in [0.3, 0.4) is 0 Å². The maximum Gasteiger partial charge on any atom is 0.248 e. The van der Waals surface area contributed by atoms with Gasteiger partial charge >= 0.3 is 0 Å². The van der Waals surface area contributed by atoms with Crippen LogP contribution in [0.4, 0.5) is 0 Å². The Labute approximate surface area is 123 Å². The molecule has 0 aliphatic rings. The summed E-state index contributed by atoms with van der Waals surface area (Å²) in [5, 5.41) is 3.64. The summed E-state index contributed by atoms with van der Waals surface area (Å²) in [6.45, 7) is 2.83. The zero-order valence-corrected chi connectivity index (χ0v) is 13.1. The van der Waals surface area contributed by atoms with Crippen molar-refractivity contribution < 1.29 is 17.7 Å². The second kappa shape index (κ2) is 5.45. The molecular weight excluding hydrogens is 294 g/mol. The van der Waals surface area contributed by atoms with Gasteiger partial charge in [-0.1, -0.05) is 5.16 Å². The minimum Gasteiger partial charge on any atom is -0.360 e. The molecule has 0 spiro atoms. The van der Waals surface area contributed by atoms with Crippen LogP contribution in [0.5, 0.6) is 0 Å². The van der Waals surface area contributed by atoms with Gasteiger partial charge in [-0.2, -0.15) is 4.31 Å². The van der Waals surface area contributed by atoms with Gasteiger partial charge in [0.25, 0.3) is 0 Å². The van der Waals surface area contributed by atoms with Crippen molar-refractivity contribution in [3.05, 3.63) is 35.5 Å². The molecule has 0 aliphatic carbocycles. The number of Topliss-reactive ketones (excluding diaryl/α,β-unsaturated/α-hetero) is 1. The van der Waals surface area contributed by atoms with Gasteiger partial charge in [0, 0.05) is 20.3 Å². The zero-order chi connectivity index (χ0) is 15.8. The molecule has 0 unspecified atom stereocenters. The van der Waals surface area contributed by atoms with Crippen LogP contribution >= 0.6 is 0 Å². The fourth-order valence-electron chi connectivity index (χ4n) is 2.12. The fraction of sp³-hybridized carbons (Fsp3) is 0.385. The molecule has 0 bridgehead atoms. The van der Waals surface area contributed by atoms with Gasteiger partial charge in [0.05, 0.1) is 12.2 Å². The van der Waals surface area contributed by atoms with E-state index in [1.807, 2.05) is 0 Å². The Bertz CT molecular complexity index is 754. The number of carbonyl (C=O) groups excluding carboxylic acids is 1. The molecule has 0 aliphatic heterocycles. The first-order valence-corrected chi connectivity index (χ1v) is 7.73. The Hall–Kier alpha value is -1.93. The summed E-state index contributed by atoms with van der Waals surface area (Å²) in [6, 6.07) is 3.38. The van der Waals surface area contributed by atoms with Gasteiger partial charge in [-0.05, 0) is 26.0 Å². The minimum atomic E-state index is -3.81. The molecule has 114 valence electrons. The molecule has 21 heavy (non-hydrogen) atoms. The first-order chi connectivity index (χ1) is 9.75. The summed E-state index contributed by atoms with van der Waals surface area (Å²) < 4.78 is 32.5. The lowest BCUT2D eigenvalue weighted by Gasteiger charge is -2.16. The molecule has 0 radical (unpaired) electrons. The Balaban J connectivity index is 2.26. The monoisotopic (exact) mass is 311 g/mol. The summed E-state index contributed by atoms with van der Waals surface area (Å²) >= 11 is 0. The van der Waals surface area contributed by atoms with Gasteiger partial charge in [0.2, 0.25) is 10.0 Å². The number of hydrogen-bond donors (Lipinski definition) is 0. The van der Waals surface area contributed by atoms with E-state index in [0.29, 0.717) is 5.69 Å². The molecule has 0 amide bonds. The molecule has 2 aromatic heterocycles. The van der Waals surface area contributed by atoms with E-state index in [-0.39, 0.29) is 28.7 Å². The van der Waals surface area contributed by atoms with E-state index in [1.54, 1.807) is 36.9 Å². The van der Waals surface area contributed by atoms with Crippen LogP contribution in [0, 0.1) is 13.8 Å². The van der Waals surface area contributed by atoms with Crippen molar-refractivity contribution in [2.75, 3.05) is 13.6 Å². The van der Waals surface area contributed by atoms with Crippen LogP contribution in [0.2, 0.25) is 0 Å². The minimum absolute atomic E-state index is 0.0182. The van der Waals surface area contributed by atoms with Gasteiger partial charge < -0.3 is 9.09 Å². The van der Waals surface area contributed by atoms with Crippen LogP contribution in [0.15, 0.2) is 27.7 Å². The Morgan fingerprint density at radius 2 is 2.10 bits per heavy atom. The number of rotatable bonds is 5. The SMILES string of the molecule is Cc1noc(C)c1S(=O)(=O)N(C)CC(=O)c1cccn1C. The maximum atomic E-state index is 12.5. The van der Waals surface area contributed by atoms with Gasteiger partial charge in [-0.3, -0.25) is 4.79 Å². The third-order valence-electron chi connectivity index (χ3n) is 3.23. The molecule has 2 aromatic rings. The number of aryl methyl sites for hydroxylation is 3. The number of hydrogen-bond acceptors (Lipinski definition) is 5. The fourth-order valence-corrected chi connectivity index (χ4v) is 3.53. The van der Waals surface area contributed by atoms with Crippen LogP contribution < -0.4 is 0 Å². The number of likely N-dealkylation sites (N-methyl/N-ethyl adjacent to an activating group) is 1. The van der Waals surface area contributed by atoms with Crippen LogP contribution in [-0.2, 0) is 17.1 Å². The third kappa shape index (κ3) is 2.77. The van der Waals surface area contributed by atoms with Gasteiger partial charge in [0.15, 0.2) is 11.5 Å². The maximum absolute atomic E-state index is 12.5. The smallest absolute Gasteiger partial charge is 0.248 e. The average Bonchev–Trinajstić information content (AvgIpc) is 2.95. The molecule has 0 fully saturated rings. The lowest BCUT2D eigenvalue weighted by atomic mass is 10.3. The highest BCUT2D eigenvalue weighted by Gasteiger charge is 2.30. The standard InChI is InChI=1S/C13H17N3O4S/c1-9-13(10(2)20-14-9)21(18,19)16(4)8-12(17)11-6-5-7-15(11)3/h5-7H,8H2,1-4H3. The van der Waals surface area contributed by atoms with Crippen molar-refractivity contribution in [3.8, 4) is 0 Å². The van der Waals surface area contributed by atoms with Gasteiger partial charge in [0.1, 0.15) is 10.6 Å². The van der Waals surface area contributed by atoms with E-state index in [4.69, 9.17) is 4.52 Å². The van der Waals surface area contributed by atoms with Crippen molar-refractivity contribution in [2.24, 2.45) is 7.05 Å². The molecule has 2 rings (SSSR count). The van der Waals surface area contributed by atoms with E-state index in [0.717, 1.165) is 4.31 Å². The highest BCUT2D eigenvalue weighted by Crippen LogP contribution is 2.22. The van der Waals surface area contributed by atoms with Gasteiger partial charge in [-0.15, -0.1) is 0 Å². The molecular formula is C13H17N3O4S. The summed E-state index contributed by atoms with van der Waals surface area (Å²) in [5.74, 6) is -0.0639. The summed E-state index contributed by atoms with van der Waals surface area (Å²) in [7, 11) is -0.714. The average molecular weight is 311 g/mol. The van der Waals surface area contributed by atoms with Crippen molar-refractivity contribution >= 4 is 15.8 Å². The Morgan fingerprint density at radius 1 is 1.43 bits per heavy atom. The lowest BCUT2D eigenvalue weighted by molar-refractivity contribution is 0.0965. The molecule has 0 N–H and O–H groups in total. The lowest BCUT2D eigenvalue weighted by Crippen LogP contribution is -2.33. The zero-order valence-electron chi connectivity index (χ0n) is 12.3. The molecule has 0 aromatic carbocycles. The quantitative estimate of drug-likeness (QED) is 0.773. The van der Waals surface area contributed by atoms with Gasteiger partial charge in [-0.25, -0.2) is 8.42 Å². The van der Waals surface area contributed by atoms with Crippen molar-refractivity contribution in [1.29, 1.82) is 0 Å². The topological polar surface area (TPSA) is 85.4 Å². The van der Waals surface area contributed by atoms with Crippen molar-refractivity contribution in [2.45, 2.75) is 18.7 Å². The summed E-state index contributed by atoms with van der Waals surface area (Å²) in [4.78, 5) is 12.2. The van der Waals surface area contributed by atoms with Crippen LogP contribution in [0.25, 0.3) is 0 Å². The number of sulfonamides is 1. The van der Waals surface area contributed by atoms with E-state index in [1.165, 1.54) is 14.0 Å². The number of ketones is 1. The number of nitrogens with zero attached hydrogens (tertiary/aromatic N) is 3. The first-order valence-electron chi connectivity index (χ1n) is 6.29. The first kappa shape index (κ1) is 15.5. The van der Waals surface area contributed by atoms with Crippen LogP contribution in [-0.4, -0.2) is 41.8 Å². The highest BCUT2D eigenvalue weighted by molar-refractivity contribution is 7.89. The second-order valence-corrected chi connectivity index (χ2v) is 6.82.